The minimum atomic E-state index is -0.220. The zero-order valence-corrected chi connectivity index (χ0v) is 26.6. The van der Waals surface area contributed by atoms with E-state index in [0.717, 1.165) is 33.9 Å². The molecule has 236 valence electrons. The molecular formula is C35H39N3O7. The third-order valence-electron chi connectivity index (χ3n) is 6.78. The summed E-state index contributed by atoms with van der Waals surface area (Å²) >= 11 is 0. The summed E-state index contributed by atoms with van der Waals surface area (Å²) in [5.74, 6) is 1.36. The van der Waals surface area contributed by atoms with E-state index in [9.17, 15) is 19.5 Å². The van der Waals surface area contributed by atoms with Crippen LogP contribution in [-0.4, -0.2) is 48.0 Å². The summed E-state index contributed by atoms with van der Waals surface area (Å²) in [6.45, 7) is 7.43. The lowest BCUT2D eigenvalue weighted by Crippen LogP contribution is -2.24. The number of hydrogen-bond donors (Lipinski definition) is 2. The van der Waals surface area contributed by atoms with Crippen molar-refractivity contribution >= 4 is 30.5 Å². The first-order valence-electron chi connectivity index (χ1n) is 14.1. The van der Waals surface area contributed by atoms with Gasteiger partial charge in [-0.3, -0.25) is 14.4 Å². The number of ether oxygens (including phenoxy) is 3. The number of pyridine rings is 2. The van der Waals surface area contributed by atoms with E-state index >= 15 is 0 Å². The molecule has 0 spiro atoms. The Morgan fingerprint density at radius 3 is 1.58 bits per heavy atom. The van der Waals surface area contributed by atoms with Crippen molar-refractivity contribution in [2.45, 2.75) is 27.7 Å². The molecule has 4 rings (SSSR count). The third-order valence-corrected chi connectivity index (χ3v) is 6.78. The Morgan fingerprint density at radius 1 is 0.711 bits per heavy atom. The van der Waals surface area contributed by atoms with E-state index in [-0.39, 0.29) is 29.1 Å². The van der Waals surface area contributed by atoms with Gasteiger partial charge >= 0.3 is 0 Å². The smallest absolute Gasteiger partial charge is 0.257 e. The molecular weight excluding hydrogens is 574 g/mol. The van der Waals surface area contributed by atoms with Crippen molar-refractivity contribution in [2.75, 3.05) is 27.9 Å². The number of aryl methyl sites for hydroxylation is 4. The maximum atomic E-state index is 11.5. The number of amides is 1. The van der Waals surface area contributed by atoms with Gasteiger partial charge in [-0.05, 0) is 75.2 Å². The average molecular weight is 614 g/mol. The van der Waals surface area contributed by atoms with Crippen LogP contribution in [0.15, 0.2) is 70.3 Å². The second kappa shape index (κ2) is 15.8. The molecule has 0 fully saturated rings. The zero-order valence-electron chi connectivity index (χ0n) is 26.6. The number of methoxy groups -OCH3 is 2. The minimum absolute atomic E-state index is 0.00557. The van der Waals surface area contributed by atoms with Crippen LogP contribution in [0.3, 0.4) is 0 Å². The Bertz CT molecular complexity index is 1780. The van der Waals surface area contributed by atoms with Crippen LogP contribution in [0.2, 0.25) is 0 Å². The number of rotatable bonds is 9. The summed E-state index contributed by atoms with van der Waals surface area (Å²) in [4.78, 5) is 34.2. The molecule has 45 heavy (non-hydrogen) atoms. The van der Waals surface area contributed by atoms with Crippen molar-refractivity contribution in [1.29, 1.82) is 0 Å². The Hall–Kier alpha value is -5.51. The minimum Gasteiger partial charge on any atom is -0.504 e. The molecule has 2 aromatic heterocycles. The van der Waals surface area contributed by atoms with E-state index in [1.165, 1.54) is 7.11 Å². The van der Waals surface area contributed by atoms with Crippen molar-refractivity contribution < 1.29 is 24.1 Å². The second-order valence-electron chi connectivity index (χ2n) is 10.1. The summed E-state index contributed by atoms with van der Waals surface area (Å²) in [6.07, 6.45) is 7.51. The third kappa shape index (κ3) is 9.49. The molecule has 0 aliphatic carbocycles. The SMILES string of the molecule is CNC(=O)COc1cc(/C=C/n2c(C)cc(=O)cc2C)ccc1OC.COc1ccc(/C=C/n2c(C)cc(=O)cc2C)cc1O. The highest BCUT2D eigenvalue weighted by atomic mass is 16.5. The van der Waals surface area contributed by atoms with Crippen LogP contribution in [0.4, 0.5) is 0 Å². The lowest BCUT2D eigenvalue weighted by Gasteiger charge is -2.11. The monoisotopic (exact) mass is 613 g/mol. The number of nitrogens with zero attached hydrogens (tertiary/aromatic N) is 2. The molecule has 10 heteroatoms. The van der Waals surface area contributed by atoms with Gasteiger partial charge in [0, 0.05) is 66.5 Å². The zero-order chi connectivity index (χ0) is 33.1. The van der Waals surface area contributed by atoms with E-state index < -0.39 is 0 Å². The summed E-state index contributed by atoms with van der Waals surface area (Å²) in [7, 11) is 4.61. The molecule has 0 atom stereocenters. The standard InChI is InChI=1S/C19H22N2O4.C16H17NO3/c1-13-9-16(22)10-14(2)21(13)8-7-15-5-6-17(24-4)18(11-15)25-12-19(23)20-3;1-11-8-14(18)9-12(2)17(11)7-6-13-4-5-16(20-3)15(19)10-13/h5-11H,12H2,1-4H3,(H,20,23);4-10,19H,1-3H3/b8-7+;7-6+. The fourth-order valence-corrected chi connectivity index (χ4v) is 4.47. The number of nitrogens with one attached hydrogen (secondary N) is 1. The van der Waals surface area contributed by atoms with Gasteiger partial charge in [0.25, 0.3) is 5.91 Å². The Morgan fingerprint density at radius 2 is 1.16 bits per heavy atom. The number of likely N-dealkylation sites (N-methyl/N-ethyl adjacent to an activating group) is 1. The van der Waals surface area contributed by atoms with E-state index in [1.54, 1.807) is 62.7 Å². The van der Waals surface area contributed by atoms with Crippen LogP contribution in [0.1, 0.15) is 33.9 Å². The molecule has 2 aromatic carbocycles. The predicted molar refractivity (Wildman–Crippen MR) is 178 cm³/mol. The van der Waals surface area contributed by atoms with Gasteiger partial charge < -0.3 is 33.8 Å². The lowest BCUT2D eigenvalue weighted by molar-refractivity contribution is -0.122. The van der Waals surface area contributed by atoms with Crippen molar-refractivity contribution in [1.82, 2.24) is 14.5 Å². The maximum absolute atomic E-state index is 11.5. The first-order valence-corrected chi connectivity index (χ1v) is 14.1. The van der Waals surface area contributed by atoms with Crippen molar-refractivity contribution in [2.24, 2.45) is 0 Å². The molecule has 0 saturated heterocycles. The first kappa shape index (κ1) is 34.0. The molecule has 0 radical (unpaired) electrons. The van der Waals surface area contributed by atoms with Crippen LogP contribution >= 0.6 is 0 Å². The normalized spacial score (nSPS) is 10.8. The van der Waals surface area contributed by atoms with Crippen molar-refractivity contribution in [3.05, 3.63) is 115 Å². The number of benzene rings is 2. The molecule has 2 heterocycles. The number of aromatic nitrogens is 2. The van der Waals surface area contributed by atoms with Crippen LogP contribution in [0.25, 0.3) is 24.6 Å². The topological polar surface area (TPSA) is 121 Å². The Labute approximate surface area is 262 Å². The van der Waals surface area contributed by atoms with Crippen LogP contribution < -0.4 is 30.4 Å². The number of aromatic hydroxyl groups is 1. The van der Waals surface area contributed by atoms with Crippen molar-refractivity contribution in [3.8, 4) is 23.0 Å². The molecule has 10 nitrogen and oxygen atoms in total. The number of phenolic OH excluding ortho intramolecular Hbond substituents is 1. The molecule has 2 N–H and O–H groups in total. The largest absolute Gasteiger partial charge is 0.504 e. The first-order chi connectivity index (χ1) is 21.4. The van der Waals surface area contributed by atoms with Crippen LogP contribution in [-0.2, 0) is 4.79 Å². The summed E-state index contributed by atoms with van der Waals surface area (Å²) < 4.78 is 19.6. The summed E-state index contributed by atoms with van der Waals surface area (Å²) in [5, 5.41) is 12.2. The summed E-state index contributed by atoms with van der Waals surface area (Å²) in [6, 6.07) is 17.0. The van der Waals surface area contributed by atoms with Gasteiger partial charge in [0.05, 0.1) is 14.2 Å². The number of hydrogen-bond acceptors (Lipinski definition) is 7. The van der Waals surface area contributed by atoms with Crippen LogP contribution in [0.5, 0.6) is 23.0 Å². The molecule has 0 saturated carbocycles. The molecule has 4 aromatic rings. The fourth-order valence-electron chi connectivity index (χ4n) is 4.47. The molecule has 1 amide bonds. The second-order valence-corrected chi connectivity index (χ2v) is 10.1. The van der Waals surface area contributed by atoms with Gasteiger partial charge in [-0.1, -0.05) is 12.1 Å². The molecule has 0 aliphatic heterocycles. The molecule has 0 unspecified atom stereocenters. The Kier molecular flexibility index (Phi) is 11.9. The summed E-state index contributed by atoms with van der Waals surface area (Å²) in [5.41, 5.74) is 5.16. The van der Waals surface area contributed by atoms with Crippen LogP contribution in [0, 0.1) is 27.7 Å². The highest BCUT2D eigenvalue weighted by Crippen LogP contribution is 2.29. The predicted octanol–water partition coefficient (Wildman–Crippen LogP) is 5.03. The number of phenols is 1. The van der Waals surface area contributed by atoms with E-state index in [0.29, 0.717) is 17.2 Å². The number of carbonyl (C=O) groups is 1. The lowest BCUT2D eigenvalue weighted by atomic mass is 10.2. The van der Waals surface area contributed by atoms with E-state index in [2.05, 4.69) is 5.32 Å². The quantitative estimate of drug-likeness (QED) is 0.272. The highest BCUT2D eigenvalue weighted by Gasteiger charge is 2.08. The van der Waals surface area contributed by atoms with Gasteiger partial charge in [-0.15, -0.1) is 0 Å². The number of carbonyl (C=O) groups excluding carboxylic acids is 1. The van der Waals surface area contributed by atoms with E-state index in [1.807, 2.05) is 73.5 Å². The average Bonchev–Trinajstić information content (AvgIpc) is 2.99. The Balaban J connectivity index is 0.000000251. The van der Waals surface area contributed by atoms with Gasteiger partial charge in [-0.2, -0.15) is 0 Å². The van der Waals surface area contributed by atoms with Gasteiger partial charge in [0.2, 0.25) is 0 Å². The van der Waals surface area contributed by atoms with Gasteiger partial charge in [0.1, 0.15) is 0 Å². The molecule has 0 bridgehead atoms. The molecule has 0 aliphatic rings. The van der Waals surface area contributed by atoms with E-state index in [4.69, 9.17) is 14.2 Å². The highest BCUT2D eigenvalue weighted by molar-refractivity contribution is 5.77. The fraction of sp³-hybridized carbons (Fsp3) is 0.229. The van der Waals surface area contributed by atoms with Gasteiger partial charge in [0.15, 0.2) is 40.5 Å². The van der Waals surface area contributed by atoms with Gasteiger partial charge in [-0.25, -0.2) is 0 Å². The maximum Gasteiger partial charge on any atom is 0.257 e. The van der Waals surface area contributed by atoms with Crippen molar-refractivity contribution in [3.63, 3.8) is 0 Å².